The van der Waals surface area contributed by atoms with Gasteiger partial charge in [0.2, 0.25) is 5.95 Å². The fourth-order valence-corrected chi connectivity index (χ4v) is 2.69. The van der Waals surface area contributed by atoms with Crippen LogP contribution in [0.4, 0.5) is 23.1 Å². The van der Waals surface area contributed by atoms with Crippen LogP contribution >= 0.6 is 11.6 Å². The summed E-state index contributed by atoms with van der Waals surface area (Å²) in [5.41, 5.74) is 4.04. The Kier molecular flexibility index (Phi) is 5.19. The summed E-state index contributed by atoms with van der Waals surface area (Å²) in [4.78, 5) is 20.5. The predicted octanol–water partition coefficient (Wildman–Crippen LogP) is 5.44. The summed E-state index contributed by atoms with van der Waals surface area (Å²) in [5, 5.41) is 7.11. The minimum Gasteiger partial charge on any atom is -0.340 e. The van der Waals surface area contributed by atoms with Crippen LogP contribution in [0.15, 0.2) is 48.5 Å². The van der Waals surface area contributed by atoms with E-state index >= 15 is 0 Å². The molecule has 0 radical (unpaired) electrons. The molecule has 0 bridgehead atoms. The second-order valence-electron chi connectivity index (χ2n) is 6.02. The summed E-state index contributed by atoms with van der Waals surface area (Å²) in [7, 11) is 0. The van der Waals surface area contributed by atoms with Gasteiger partial charge in [0.1, 0.15) is 5.82 Å². The Labute approximate surface area is 157 Å². The first kappa shape index (κ1) is 17.9. The van der Waals surface area contributed by atoms with E-state index in [2.05, 4.69) is 20.6 Å². The molecule has 0 aliphatic rings. The number of rotatable bonds is 5. The van der Waals surface area contributed by atoms with Crippen molar-refractivity contribution in [2.75, 3.05) is 10.6 Å². The molecule has 5 nitrogen and oxygen atoms in total. The van der Waals surface area contributed by atoms with Crippen LogP contribution in [-0.4, -0.2) is 15.8 Å². The Balaban J connectivity index is 1.87. The molecule has 0 fully saturated rings. The monoisotopic (exact) mass is 366 g/mol. The van der Waals surface area contributed by atoms with Crippen LogP contribution in [0.3, 0.4) is 0 Å². The lowest BCUT2D eigenvalue weighted by atomic mass is 10.1. The Morgan fingerprint density at radius 1 is 1.00 bits per heavy atom. The summed E-state index contributed by atoms with van der Waals surface area (Å²) >= 11 is 6.17. The van der Waals surface area contributed by atoms with Crippen LogP contribution in [0, 0.1) is 13.8 Å². The van der Waals surface area contributed by atoms with E-state index in [0.29, 0.717) is 22.4 Å². The number of carbonyl (C=O) groups is 1. The average Bonchev–Trinajstić information content (AvgIpc) is 2.59. The Morgan fingerprint density at radius 3 is 2.54 bits per heavy atom. The van der Waals surface area contributed by atoms with Gasteiger partial charge in [0.05, 0.1) is 0 Å². The standard InChI is InChI=1S/C20H19ClN4O/c1-12-10-19(23-16-7-4-6-15(11-16)14(3)26)25-20(22-12)24-18-9-5-8-17(21)13(18)2/h4-11H,1-3H3,(H2,22,23,24,25). The quantitative estimate of drug-likeness (QED) is 0.589. The topological polar surface area (TPSA) is 66.9 Å². The lowest BCUT2D eigenvalue weighted by Gasteiger charge is -2.12. The highest BCUT2D eigenvalue weighted by Crippen LogP contribution is 2.26. The van der Waals surface area contributed by atoms with Crippen molar-refractivity contribution >= 4 is 40.5 Å². The highest BCUT2D eigenvalue weighted by Gasteiger charge is 2.07. The van der Waals surface area contributed by atoms with Crippen molar-refractivity contribution in [3.63, 3.8) is 0 Å². The zero-order valence-corrected chi connectivity index (χ0v) is 15.6. The molecule has 2 aromatic carbocycles. The number of nitrogens with one attached hydrogen (secondary N) is 2. The number of hydrogen-bond donors (Lipinski definition) is 2. The van der Waals surface area contributed by atoms with Crippen LogP contribution in [-0.2, 0) is 0 Å². The lowest BCUT2D eigenvalue weighted by Crippen LogP contribution is -2.03. The molecule has 1 aromatic heterocycles. The summed E-state index contributed by atoms with van der Waals surface area (Å²) < 4.78 is 0. The number of halogens is 1. The zero-order chi connectivity index (χ0) is 18.7. The van der Waals surface area contributed by atoms with E-state index in [-0.39, 0.29) is 5.78 Å². The van der Waals surface area contributed by atoms with Crippen LogP contribution in [0.2, 0.25) is 5.02 Å². The average molecular weight is 367 g/mol. The fourth-order valence-electron chi connectivity index (χ4n) is 2.52. The van der Waals surface area contributed by atoms with E-state index < -0.39 is 0 Å². The molecule has 26 heavy (non-hydrogen) atoms. The van der Waals surface area contributed by atoms with Gasteiger partial charge in [0.25, 0.3) is 0 Å². The maximum atomic E-state index is 11.5. The maximum absolute atomic E-state index is 11.5. The molecule has 132 valence electrons. The van der Waals surface area contributed by atoms with E-state index in [0.717, 1.165) is 22.6 Å². The minimum absolute atomic E-state index is 0.0197. The van der Waals surface area contributed by atoms with E-state index in [1.807, 2.05) is 50.2 Å². The number of aromatic nitrogens is 2. The molecule has 0 spiro atoms. The van der Waals surface area contributed by atoms with E-state index in [1.165, 1.54) is 0 Å². The number of nitrogens with zero attached hydrogens (tertiary/aromatic N) is 2. The van der Waals surface area contributed by atoms with Crippen LogP contribution in [0.5, 0.6) is 0 Å². The van der Waals surface area contributed by atoms with Gasteiger partial charge in [-0.1, -0.05) is 29.8 Å². The van der Waals surface area contributed by atoms with Crippen LogP contribution < -0.4 is 10.6 Å². The Bertz CT molecular complexity index is 972. The molecule has 0 saturated heterocycles. The van der Waals surface area contributed by atoms with Crippen molar-refractivity contribution in [2.24, 2.45) is 0 Å². The van der Waals surface area contributed by atoms with Gasteiger partial charge in [-0.2, -0.15) is 4.98 Å². The van der Waals surface area contributed by atoms with Gasteiger partial charge < -0.3 is 10.6 Å². The summed E-state index contributed by atoms with van der Waals surface area (Å²) in [5.74, 6) is 1.13. The molecule has 0 unspecified atom stereocenters. The number of benzene rings is 2. The normalized spacial score (nSPS) is 10.5. The van der Waals surface area contributed by atoms with Crippen molar-refractivity contribution in [1.82, 2.24) is 9.97 Å². The number of Topliss-reactive ketones (excluding diaryl/α,β-unsaturated/α-hetero) is 1. The van der Waals surface area contributed by atoms with Gasteiger partial charge in [0, 0.05) is 33.7 Å². The third-order valence-electron chi connectivity index (χ3n) is 3.91. The van der Waals surface area contributed by atoms with Crippen molar-refractivity contribution in [3.8, 4) is 0 Å². The molecule has 0 amide bonds. The smallest absolute Gasteiger partial charge is 0.229 e. The molecule has 2 N–H and O–H groups in total. The molecule has 0 saturated carbocycles. The van der Waals surface area contributed by atoms with Crippen molar-refractivity contribution in [2.45, 2.75) is 20.8 Å². The second-order valence-corrected chi connectivity index (χ2v) is 6.42. The Hall–Kier alpha value is -2.92. The minimum atomic E-state index is 0.0197. The highest BCUT2D eigenvalue weighted by atomic mass is 35.5. The van der Waals surface area contributed by atoms with Gasteiger partial charge in [-0.15, -0.1) is 0 Å². The first-order valence-corrected chi connectivity index (χ1v) is 8.56. The second kappa shape index (κ2) is 7.54. The van der Waals surface area contributed by atoms with Gasteiger partial charge in [0.15, 0.2) is 5.78 Å². The number of ketones is 1. The van der Waals surface area contributed by atoms with Crippen LogP contribution in [0.1, 0.15) is 28.5 Å². The number of carbonyl (C=O) groups excluding carboxylic acids is 1. The number of anilines is 4. The first-order chi connectivity index (χ1) is 12.4. The Morgan fingerprint density at radius 2 is 1.77 bits per heavy atom. The van der Waals surface area contributed by atoms with E-state index in [9.17, 15) is 4.79 Å². The third kappa shape index (κ3) is 4.18. The number of aryl methyl sites for hydroxylation is 1. The molecule has 1 heterocycles. The van der Waals surface area contributed by atoms with Gasteiger partial charge in [-0.05, 0) is 50.6 Å². The third-order valence-corrected chi connectivity index (χ3v) is 4.32. The van der Waals surface area contributed by atoms with Crippen LogP contribution in [0.25, 0.3) is 0 Å². The predicted molar refractivity (Wildman–Crippen MR) is 106 cm³/mol. The summed E-state index contributed by atoms with van der Waals surface area (Å²) in [6.45, 7) is 5.38. The SMILES string of the molecule is CC(=O)c1cccc(Nc2cc(C)nc(Nc3cccc(Cl)c3C)n2)c1. The zero-order valence-electron chi connectivity index (χ0n) is 14.8. The maximum Gasteiger partial charge on any atom is 0.229 e. The van der Waals surface area contributed by atoms with Crippen molar-refractivity contribution in [3.05, 3.63) is 70.4 Å². The van der Waals surface area contributed by atoms with Gasteiger partial charge in [-0.25, -0.2) is 4.98 Å². The molecular formula is C20H19ClN4O. The van der Waals surface area contributed by atoms with Crippen molar-refractivity contribution in [1.29, 1.82) is 0 Å². The molecule has 0 atom stereocenters. The number of hydrogen-bond acceptors (Lipinski definition) is 5. The van der Waals surface area contributed by atoms with Gasteiger partial charge in [-0.3, -0.25) is 4.79 Å². The molecule has 0 aliphatic carbocycles. The summed E-state index contributed by atoms with van der Waals surface area (Å²) in [6, 6.07) is 14.8. The summed E-state index contributed by atoms with van der Waals surface area (Å²) in [6.07, 6.45) is 0. The fraction of sp³-hybridized carbons (Fsp3) is 0.150. The molecule has 3 rings (SSSR count). The first-order valence-electron chi connectivity index (χ1n) is 8.18. The molecule has 3 aromatic rings. The van der Waals surface area contributed by atoms with E-state index in [4.69, 9.17) is 11.6 Å². The largest absolute Gasteiger partial charge is 0.340 e. The highest BCUT2D eigenvalue weighted by molar-refractivity contribution is 6.31. The molecular weight excluding hydrogens is 348 g/mol. The van der Waals surface area contributed by atoms with Gasteiger partial charge >= 0.3 is 0 Å². The molecule has 0 aliphatic heterocycles. The molecule has 6 heteroatoms. The van der Waals surface area contributed by atoms with E-state index in [1.54, 1.807) is 19.1 Å². The lowest BCUT2D eigenvalue weighted by molar-refractivity contribution is 0.101. The van der Waals surface area contributed by atoms with Crippen molar-refractivity contribution < 1.29 is 4.79 Å².